The molecular weight excluding hydrogens is 400 g/mol. The lowest BCUT2D eigenvalue weighted by Gasteiger charge is -2.25. The lowest BCUT2D eigenvalue weighted by atomic mass is 9.95. The summed E-state index contributed by atoms with van der Waals surface area (Å²) in [6, 6.07) is 18.7. The average molecular weight is 419 g/mol. The van der Waals surface area contributed by atoms with Gasteiger partial charge in [0.15, 0.2) is 0 Å². The number of carbonyl (C=O) groups is 2. The molecule has 5 nitrogen and oxygen atoms in total. The van der Waals surface area contributed by atoms with E-state index in [-0.39, 0.29) is 17.9 Å². The van der Waals surface area contributed by atoms with Gasteiger partial charge in [0.2, 0.25) is 0 Å². The second-order valence-electron chi connectivity index (χ2n) is 7.17. The molecule has 6 heteroatoms. The highest BCUT2D eigenvalue weighted by Gasteiger charge is 2.46. The molecule has 0 radical (unpaired) electrons. The number of hydrogen-bond acceptors (Lipinski definition) is 4. The summed E-state index contributed by atoms with van der Waals surface area (Å²) in [6.07, 6.45) is 1.63. The number of rotatable bonds is 4. The number of benzene rings is 2. The van der Waals surface area contributed by atoms with Crippen LogP contribution in [0.2, 0.25) is 5.02 Å². The molecule has 1 unspecified atom stereocenters. The molecule has 0 aliphatic carbocycles. The maximum absolute atomic E-state index is 13.0. The predicted octanol–water partition coefficient (Wildman–Crippen LogP) is 4.67. The number of hydrogen-bond donors (Lipinski definition) is 1. The number of aliphatic hydroxyl groups excluding tert-OH is 1. The summed E-state index contributed by atoms with van der Waals surface area (Å²) >= 11 is 6.03. The lowest BCUT2D eigenvalue weighted by Crippen LogP contribution is -2.29. The van der Waals surface area contributed by atoms with Crippen LogP contribution in [0.15, 0.2) is 78.5 Å². The Morgan fingerprint density at radius 2 is 1.73 bits per heavy atom. The van der Waals surface area contributed by atoms with E-state index in [0.29, 0.717) is 21.8 Å². The number of aromatic nitrogens is 1. The smallest absolute Gasteiger partial charge is 0.296 e. The van der Waals surface area contributed by atoms with Crippen molar-refractivity contribution < 1.29 is 14.7 Å². The van der Waals surface area contributed by atoms with Crippen LogP contribution in [0.4, 0.5) is 0 Å². The first kappa shape index (κ1) is 19.9. The van der Waals surface area contributed by atoms with Crippen LogP contribution in [0.1, 0.15) is 28.4 Å². The monoisotopic (exact) mass is 418 g/mol. The summed E-state index contributed by atoms with van der Waals surface area (Å²) in [7, 11) is 0. The molecule has 1 fully saturated rings. The van der Waals surface area contributed by atoms with Crippen LogP contribution < -0.4 is 0 Å². The molecule has 0 spiro atoms. The molecule has 1 amide bonds. The summed E-state index contributed by atoms with van der Waals surface area (Å²) in [4.78, 5) is 31.6. The van der Waals surface area contributed by atoms with Crippen molar-refractivity contribution in [1.29, 1.82) is 0 Å². The molecule has 2 aromatic carbocycles. The molecule has 0 saturated carbocycles. The second kappa shape index (κ2) is 8.13. The average Bonchev–Trinajstić information content (AvgIpc) is 3.00. The number of ketones is 1. The van der Waals surface area contributed by atoms with Gasteiger partial charge in [0, 0.05) is 16.8 Å². The van der Waals surface area contributed by atoms with E-state index in [9.17, 15) is 14.7 Å². The summed E-state index contributed by atoms with van der Waals surface area (Å²) in [5, 5.41) is 11.5. The fourth-order valence-electron chi connectivity index (χ4n) is 3.57. The molecule has 4 rings (SSSR count). The third kappa shape index (κ3) is 3.72. The van der Waals surface area contributed by atoms with E-state index < -0.39 is 17.7 Å². The normalized spacial score (nSPS) is 18.1. The van der Waals surface area contributed by atoms with Crippen molar-refractivity contribution in [1.82, 2.24) is 9.88 Å². The third-order valence-corrected chi connectivity index (χ3v) is 5.36. The van der Waals surface area contributed by atoms with Gasteiger partial charge in [-0.1, -0.05) is 59.6 Å². The van der Waals surface area contributed by atoms with Gasteiger partial charge in [0.25, 0.3) is 11.7 Å². The van der Waals surface area contributed by atoms with Crippen molar-refractivity contribution in [2.75, 3.05) is 0 Å². The van der Waals surface area contributed by atoms with Crippen LogP contribution in [0.25, 0.3) is 5.76 Å². The zero-order chi connectivity index (χ0) is 21.3. The van der Waals surface area contributed by atoms with E-state index in [2.05, 4.69) is 4.98 Å². The van der Waals surface area contributed by atoms with Gasteiger partial charge < -0.3 is 10.0 Å². The molecule has 1 aliphatic rings. The number of amides is 1. The quantitative estimate of drug-likeness (QED) is 0.380. The van der Waals surface area contributed by atoms with Crippen LogP contribution in [0.3, 0.4) is 0 Å². The number of aliphatic hydroxyl groups is 1. The SMILES string of the molecule is Cc1ccc(/C(O)=C2\C(=O)C(=O)N(Cc3ccccn3)C2c2ccc(Cl)cc2)cc1. The summed E-state index contributed by atoms with van der Waals surface area (Å²) < 4.78 is 0. The highest BCUT2D eigenvalue weighted by molar-refractivity contribution is 6.46. The van der Waals surface area contributed by atoms with Gasteiger partial charge in [0.05, 0.1) is 23.9 Å². The van der Waals surface area contributed by atoms with Crippen LogP contribution in [0.5, 0.6) is 0 Å². The lowest BCUT2D eigenvalue weighted by molar-refractivity contribution is -0.140. The second-order valence-corrected chi connectivity index (χ2v) is 7.60. The van der Waals surface area contributed by atoms with Gasteiger partial charge in [-0.25, -0.2) is 0 Å². The van der Waals surface area contributed by atoms with E-state index in [1.54, 1.807) is 54.7 Å². The number of aryl methyl sites for hydroxylation is 1. The zero-order valence-corrected chi connectivity index (χ0v) is 17.0. The third-order valence-electron chi connectivity index (χ3n) is 5.11. The van der Waals surface area contributed by atoms with E-state index in [4.69, 9.17) is 11.6 Å². The van der Waals surface area contributed by atoms with Crippen molar-refractivity contribution in [2.45, 2.75) is 19.5 Å². The fraction of sp³-hybridized carbons (Fsp3) is 0.125. The molecule has 1 aliphatic heterocycles. The fourth-order valence-corrected chi connectivity index (χ4v) is 3.69. The maximum Gasteiger partial charge on any atom is 0.296 e. The first-order chi connectivity index (χ1) is 14.5. The highest BCUT2D eigenvalue weighted by atomic mass is 35.5. The van der Waals surface area contributed by atoms with E-state index in [0.717, 1.165) is 5.56 Å². The van der Waals surface area contributed by atoms with Gasteiger partial charge in [-0.05, 0) is 36.8 Å². The maximum atomic E-state index is 13.0. The Labute approximate surface area is 179 Å². The Kier molecular flexibility index (Phi) is 5.38. The van der Waals surface area contributed by atoms with Crippen molar-refractivity contribution in [3.8, 4) is 0 Å². The molecule has 3 aromatic rings. The van der Waals surface area contributed by atoms with E-state index in [1.165, 1.54) is 4.90 Å². The van der Waals surface area contributed by atoms with Gasteiger partial charge >= 0.3 is 0 Å². The first-order valence-electron chi connectivity index (χ1n) is 9.46. The molecule has 1 saturated heterocycles. The zero-order valence-electron chi connectivity index (χ0n) is 16.2. The molecule has 1 atom stereocenters. The summed E-state index contributed by atoms with van der Waals surface area (Å²) in [5.74, 6) is -1.59. The topological polar surface area (TPSA) is 70.5 Å². The Balaban J connectivity index is 1.85. The largest absolute Gasteiger partial charge is 0.507 e. The number of nitrogens with zero attached hydrogens (tertiary/aromatic N) is 2. The number of carbonyl (C=O) groups excluding carboxylic acids is 2. The molecule has 1 N–H and O–H groups in total. The first-order valence-corrected chi connectivity index (χ1v) is 9.84. The predicted molar refractivity (Wildman–Crippen MR) is 115 cm³/mol. The van der Waals surface area contributed by atoms with Crippen LogP contribution >= 0.6 is 11.6 Å². The minimum Gasteiger partial charge on any atom is -0.507 e. The molecule has 30 heavy (non-hydrogen) atoms. The van der Waals surface area contributed by atoms with Crippen LogP contribution in [0, 0.1) is 6.92 Å². The minimum atomic E-state index is -0.745. The Morgan fingerprint density at radius 3 is 2.37 bits per heavy atom. The van der Waals surface area contributed by atoms with Gasteiger partial charge in [-0.3, -0.25) is 14.6 Å². The minimum absolute atomic E-state index is 0.0575. The Hall–Kier alpha value is -3.44. The highest BCUT2D eigenvalue weighted by Crippen LogP contribution is 2.40. The van der Waals surface area contributed by atoms with Crippen molar-refractivity contribution >= 4 is 29.1 Å². The summed E-state index contributed by atoms with van der Waals surface area (Å²) in [5.41, 5.74) is 2.89. The van der Waals surface area contributed by atoms with Crippen LogP contribution in [-0.4, -0.2) is 26.7 Å². The standard InChI is InChI=1S/C24H19ClN2O3/c1-15-5-7-17(8-6-15)22(28)20-21(16-9-11-18(25)12-10-16)27(24(30)23(20)29)14-19-4-2-3-13-26-19/h2-13,21,28H,14H2,1H3/b22-20+. The Bertz CT molecular complexity index is 1120. The van der Waals surface area contributed by atoms with Crippen LogP contribution in [-0.2, 0) is 16.1 Å². The van der Waals surface area contributed by atoms with Gasteiger partial charge in [0.1, 0.15) is 5.76 Å². The van der Waals surface area contributed by atoms with Gasteiger partial charge in [-0.2, -0.15) is 0 Å². The molecule has 1 aromatic heterocycles. The van der Waals surface area contributed by atoms with Crippen molar-refractivity contribution in [3.63, 3.8) is 0 Å². The number of pyridine rings is 1. The number of halogens is 1. The van der Waals surface area contributed by atoms with Crippen molar-refractivity contribution in [2.24, 2.45) is 0 Å². The Morgan fingerprint density at radius 1 is 1.03 bits per heavy atom. The van der Waals surface area contributed by atoms with Crippen molar-refractivity contribution in [3.05, 3.63) is 106 Å². The van der Waals surface area contributed by atoms with E-state index in [1.807, 2.05) is 25.1 Å². The van der Waals surface area contributed by atoms with Gasteiger partial charge in [-0.15, -0.1) is 0 Å². The number of Topliss-reactive ketones (excluding diaryl/α,β-unsaturated/α-hetero) is 1. The van der Waals surface area contributed by atoms with E-state index >= 15 is 0 Å². The molecular formula is C24H19ClN2O3. The molecule has 2 heterocycles. The molecule has 0 bridgehead atoms. The number of likely N-dealkylation sites (tertiary alicyclic amines) is 1. The summed E-state index contributed by atoms with van der Waals surface area (Å²) in [6.45, 7) is 2.08. The molecule has 150 valence electrons.